The number of imidazole rings is 1. The van der Waals surface area contributed by atoms with Crippen LogP contribution in [0.25, 0.3) is 64.8 Å². The summed E-state index contributed by atoms with van der Waals surface area (Å²) >= 11 is 1.51. The molecule has 2 aliphatic rings. The number of nitrogens with one attached hydrogen (secondary N) is 2. The van der Waals surface area contributed by atoms with Crippen molar-refractivity contribution in [2.45, 2.75) is 13.8 Å². The molecule has 0 spiro atoms. The van der Waals surface area contributed by atoms with Gasteiger partial charge in [-0.2, -0.15) is 0 Å². The zero-order valence-corrected chi connectivity index (χ0v) is 19.6. The third kappa shape index (κ3) is 3.00. The van der Waals surface area contributed by atoms with Crippen molar-refractivity contribution in [3.8, 4) is 11.3 Å². The molecule has 7 heterocycles. The topological polar surface area (TPSA) is 118 Å². The lowest BCUT2D eigenvalue weighted by Gasteiger charge is -2.10. The molecule has 0 unspecified atom stereocenters. The second kappa shape index (κ2) is 7.28. The van der Waals surface area contributed by atoms with Crippen molar-refractivity contribution < 1.29 is 4.79 Å². The zero-order valence-electron chi connectivity index (χ0n) is 18.8. The molecule has 0 atom stereocenters. The molecule has 8 bridgehead atoms. The van der Waals surface area contributed by atoms with E-state index >= 15 is 0 Å². The van der Waals surface area contributed by atoms with E-state index in [-0.39, 0.29) is 11.8 Å². The Labute approximate surface area is 201 Å². The number of hydrogen-bond donors (Lipinski definition) is 2. The van der Waals surface area contributed by atoms with Gasteiger partial charge in [0.15, 0.2) is 5.65 Å². The number of nitrogens with zero attached hydrogens (tertiary/aromatic N) is 6. The molecule has 0 fully saturated rings. The molecule has 5 aromatic rings. The summed E-state index contributed by atoms with van der Waals surface area (Å²) in [5.41, 5.74) is 5.99. The molecule has 9 nitrogen and oxygen atoms in total. The van der Waals surface area contributed by atoms with Crippen LogP contribution in [-0.2, 0) is 0 Å². The molecular formula is C25H18N8OS. The van der Waals surface area contributed by atoms with E-state index in [0.717, 1.165) is 48.1 Å². The Bertz CT molecular complexity index is 1970. The number of thiophene rings is 1. The summed E-state index contributed by atoms with van der Waals surface area (Å²) in [4.78, 5) is 37.4. The fourth-order valence-electron chi connectivity index (χ4n) is 4.38. The second-order valence-corrected chi connectivity index (χ2v) is 9.80. The van der Waals surface area contributed by atoms with Gasteiger partial charge >= 0.3 is 0 Å². The Morgan fingerprint density at radius 2 is 1.86 bits per heavy atom. The summed E-state index contributed by atoms with van der Waals surface area (Å²) in [7, 11) is 0. The largest absolute Gasteiger partial charge is 0.298 e. The van der Waals surface area contributed by atoms with Crippen LogP contribution in [0.4, 0.5) is 0 Å². The minimum Gasteiger partial charge on any atom is -0.298 e. The van der Waals surface area contributed by atoms with Crippen LogP contribution in [0.2, 0.25) is 0 Å². The molecule has 0 radical (unpaired) electrons. The van der Waals surface area contributed by atoms with E-state index in [1.165, 1.54) is 11.3 Å². The van der Waals surface area contributed by atoms with Gasteiger partial charge in [0, 0.05) is 39.3 Å². The maximum absolute atomic E-state index is 13.4. The Morgan fingerprint density at radius 1 is 0.971 bits per heavy atom. The highest BCUT2D eigenvalue weighted by molar-refractivity contribution is 7.24. The normalized spacial score (nSPS) is 12.1. The van der Waals surface area contributed by atoms with E-state index in [4.69, 9.17) is 9.97 Å². The van der Waals surface area contributed by atoms with Crippen LogP contribution in [0, 0.1) is 5.92 Å². The van der Waals surface area contributed by atoms with Crippen molar-refractivity contribution in [3.63, 3.8) is 0 Å². The number of aromatic nitrogens is 8. The van der Waals surface area contributed by atoms with Crippen LogP contribution in [-0.4, -0.2) is 45.6 Å². The van der Waals surface area contributed by atoms with Crippen LogP contribution in [0.3, 0.4) is 0 Å². The van der Waals surface area contributed by atoms with Gasteiger partial charge in [-0.3, -0.25) is 34.5 Å². The van der Waals surface area contributed by atoms with E-state index in [2.05, 4.69) is 25.1 Å². The van der Waals surface area contributed by atoms with E-state index < -0.39 is 0 Å². The van der Waals surface area contributed by atoms with E-state index in [1.54, 1.807) is 35.6 Å². The first kappa shape index (κ1) is 20.0. The molecule has 7 rings (SSSR count). The average molecular weight is 479 g/mol. The molecule has 2 N–H and O–H groups in total. The van der Waals surface area contributed by atoms with Gasteiger partial charge in [0.2, 0.25) is 5.91 Å². The summed E-state index contributed by atoms with van der Waals surface area (Å²) in [6, 6.07) is 7.89. The van der Waals surface area contributed by atoms with Gasteiger partial charge in [0.05, 0.1) is 35.1 Å². The summed E-state index contributed by atoms with van der Waals surface area (Å²) < 4.78 is 2.69. The highest BCUT2D eigenvalue weighted by atomic mass is 32.1. The predicted molar refractivity (Wildman–Crippen MR) is 137 cm³/mol. The second-order valence-electron chi connectivity index (χ2n) is 8.74. The number of hydrogen-bond acceptors (Lipinski definition) is 7. The molecule has 0 aromatic carbocycles. The van der Waals surface area contributed by atoms with E-state index in [0.29, 0.717) is 16.7 Å². The van der Waals surface area contributed by atoms with Crippen molar-refractivity contribution in [1.82, 2.24) is 39.7 Å². The lowest BCUT2D eigenvalue weighted by molar-refractivity contribution is 0.0865. The van der Waals surface area contributed by atoms with Crippen LogP contribution in [0.5, 0.6) is 0 Å². The lowest BCUT2D eigenvalue weighted by Crippen LogP contribution is -2.17. The number of fused-ring (bicyclic) bond motifs is 9. The van der Waals surface area contributed by atoms with Gasteiger partial charge in [-0.15, -0.1) is 11.3 Å². The van der Waals surface area contributed by atoms with Crippen molar-refractivity contribution in [2.75, 3.05) is 0 Å². The predicted octanol–water partition coefficient (Wildman–Crippen LogP) is 5.47. The molecule has 0 amide bonds. The monoisotopic (exact) mass is 478 g/mol. The number of pyridine rings is 3. The van der Waals surface area contributed by atoms with Gasteiger partial charge in [0.25, 0.3) is 0 Å². The SMILES string of the molecule is CC(C)C(=O)n1c2cncc(c2)c2cc3c(cn2)[nH][nH]c-3c2nc3cncc(c4ccc1s4)c3n2. The molecule has 2 aliphatic heterocycles. The van der Waals surface area contributed by atoms with Gasteiger partial charge in [-0.1, -0.05) is 13.8 Å². The molecule has 35 heavy (non-hydrogen) atoms. The lowest BCUT2D eigenvalue weighted by atomic mass is 10.1. The Balaban J connectivity index is 1.75. The van der Waals surface area contributed by atoms with Crippen LogP contribution >= 0.6 is 11.3 Å². The van der Waals surface area contributed by atoms with Gasteiger partial charge in [0.1, 0.15) is 21.6 Å². The van der Waals surface area contributed by atoms with Crippen LogP contribution in [0.1, 0.15) is 18.6 Å². The average Bonchev–Trinajstić information content (AvgIpc) is 3.61. The fourth-order valence-corrected chi connectivity index (χ4v) is 5.42. The molecule has 5 aromatic heterocycles. The molecule has 170 valence electrons. The maximum atomic E-state index is 13.4. The summed E-state index contributed by atoms with van der Waals surface area (Å²) in [6.45, 7) is 3.80. The first-order valence-electron chi connectivity index (χ1n) is 11.1. The molecular weight excluding hydrogens is 460 g/mol. The smallest absolute Gasteiger partial charge is 0.234 e. The number of H-pyrrole nitrogens is 2. The minimum atomic E-state index is -0.202. The Morgan fingerprint density at radius 3 is 2.74 bits per heavy atom. The van der Waals surface area contributed by atoms with Crippen LogP contribution < -0.4 is 0 Å². The first-order chi connectivity index (χ1) is 17.1. The summed E-state index contributed by atoms with van der Waals surface area (Å²) in [6.07, 6.45) is 8.76. The Kier molecular flexibility index (Phi) is 4.15. The third-order valence-electron chi connectivity index (χ3n) is 6.13. The van der Waals surface area contributed by atoms with Gasteiger partial charge < -0.3 is 0 Å². The van der Waals surface area contributed by atoms with Crippen molar-refractivity contribution >= 4 is 70.8 Å². The van der Waals surface area contributed by atoms with E-state index in [9.17, 15) is 4.79 Å². The van der Waals surface area contributed by atoms with Gasteiger partial charge in [-0.25, -0.2) is 9.97 Å². The first-order valence-corrected chi connectivity index (χ1v) is 12.0. The number of carbonyl (C=O) groups is 1. The fraction of sp³-hybridized carbons (Fsp3) is 0.120. The van der Waals surface area contributed by atoms with Crippen LogP contribution in [0.15, 0.2) is 55.2 Å². The quantitative estimate of drug-likeness (QED) is 0.323. The van der Waals surface area contributed by atoms with E-state index in [1.807, 2.05) is 38.1 Å². The van der Waals surface area contributed by atoms with Crippen molar-refractivity contribution in [2.24, 2.45) is 5.92 Å². The minimum absolute atomic E-state index is 0.0145. The molecule has 10 heteroatoms. The number of carbonyl (C=O) groups excluding carboxylic acids is 1. The highest BCUT2D eigenvalue weighted by Crippen LogP contribution is 2.32. The number of rotatable bonds is 1. The molecule has 0 saturated heterocycles. The van der Waals surface area contributed by atoms with Crippen molar-refractivity contribution in [3.05, 3.63) is 55.2 Å². The molecule has 0 aliphatic carbocycles. The zero-order chi connectivity index (χ0) is 23.7. The van der Waals surface area contributed by atoms with Gasteiger partial charge in [-0.05, 0) is 24.3 Å². The standard InChI is InChI=1S/C25H18N8OS/c1-12(2)25(34)33-14-5-13(7-26-8-14)17-6-15-18(11-28-17)31-32-23(15)24-29-19-10-27-9-16(22(19)30-24)20-3-4-21(33)35-20/h3-12,31-32H,1-2H3. The summed E-state index contributed by atoms with van der Waals surface area (Å²) in [5.74, 6) is -0.216. The number of aromatic amines is 2. The third-order valence-corrected chi connectivity index (χ3v) is 7.23. The molecule has 0 saturated carbocycles. The maximum Gasteiger partial charge on any atom is 0.234 e. The van der Waals surface area contributed by atoms with Crippen molar-refractivity contribution in [1.29, 1.82) is 0 Å². The summed E-state index contributed by atoms with van der Waals surface area (Å²) in [5, 5.41) is 8.04. The Hall–Kier alpha value is -4.44. The highest BCUT2D eigenvalue weighted by Gasteiger charge is 2.17.